The Bertz CT molecular complexity index is 1190. The molecule has 2 aliphatic heterocycles. The van der Waals surface area contributed by atoms with E-state index in [0.29, 0.717) is 17.7 Å². The van der Waals surface area contributed by atoms with Gasteiger partial charge in [-0.3, -0.25) is 4.79 Å². The second kappa shape index (κ2) is 9.66. The number of aromatic nitrogens is 1. The van der Waals surface area contributed by atoms with Gasteiger partial charge in [-0.25, -0.2) is 9.78 Å². The number of amides is 1. The summed E-state index contributed by atoms with van der Waals surface area (Å²) in [5.41, 5.74) is 4.90. The maximum Gasteiger partial charge on any atom is 0.338 e. The van der Waals surface area contributed by atoms with Gasteiger partial charge in [-0.2, -0.15) is 0 Å². The van der Waals surface area contributed by atoms with Gasteiger partial charge in [0.25, 0.3) is 5.91 Å². The Morgan fingerprint density at radius 3 is 2.71 bits per heavy atom. The van der Waals surface area contributed by atoms with Crippen molar-refractivity contribution in [3.63, 3.8) is 0 Å². The van der Waals surface area contributed by atoms with Gasteiger partial charge in [-0.1, -0.05) is 18.2 Å². The molecule has 2 aromatic carbocycles. The number of cyclic esters (lactones) is 1. The van der Waals surface area contributed by atoms with Gasteiger partial charge in [-0.15, -0.1) is 11.3 Å². The molecule has 3 aromatic rings. The van der Waals surface area contributed by atoms with Crippen LogP contribution in [0.1, 0.15) is 56.4 Å². The first kappa shape index (κ1) is 22.7. The highest BCUT2D eigenvalue weighted by Gasteiger charge is 2.27. The van der Waals surface area contributed by atoms with E-state index in [0.717, 1.165) is 53.2 Å². The van der Waals surface area contributed by atoms with Crippen LogP contribution in [-0.2, 0) is 11.3 Å². The third-order valence-electron chi connectivity index (χ3n) is 6.75. The average Bonchev–Trinajstić information content (AvgIpc) is 3.51. The number of aliphatic hydroxyl groups excluding tert-OH is 1. The van der Waals surface area contributed by atoms with Crippen molar-refractivity contribution in [1.29, 1.82) is 0 Å². The number of hydrogen-bond donors (Lipinski definition) is 2. The fourth-order valence-electron chi connectivity index (χ4n) is 4.73. The van der Waals surface area contributed by atoms with Crippen molar-refractivity contribution in [2.24, 2.45) is 0 Å². The van der Waals surface area contributed by atoms with Crippen molar-refractivity contribution in [3.05, 3.63) is 75.8 Å². The van der Waals surface area contributed by atoms with Gasteiger partial charge in [0, 0.05) is 53.9 Å². The van der Waals surface area contributed by atoms with E-state index in [2.05, 4.69) is 15.2 Å². The smallest absolute Gasteiger partial charge is 0.338 e. The molecule has 176 valence electrons. The molecule has 2 N–H and O–H groups in total. The minimum Gasteiger partial charge on any atom is -0.457 e. The molecule has 1 fully saturated rings. The van der Waals surface area contributed by atoms with E-state index in [1.807, 2.05) is 42.6 Å². The highest BCUT2D eigenvalue weighted by atomic mass is 32.1. The number of ether oxygens (including phenoxy) is 1. The highest BCUT2D eigenvalue weighted by molar-refractivity contribution is 7.13. The van der Waals surface area contributed by atoms with Crippen LogP contribution >= 0.6 is 11.3 Å². The molecule has 3 heterocycles. The summed E-state index contributed by atoms with van der Waals surface area (Å²) in [6, 6.07) is 11.2. The molecule has 1 aromatic heterocycles. The predicted octanol–water partition coefficient (Wildman–Crippen LogP) is 3.72. The number of esters is 1. The number of carbonyl (C=O) groups excluding carboxylic acids is 2. The second-order valence-corrected chi connectivity index (χ2v) is 9.76. The molecule has 7 nitrogen and oxygen atoms in total. The van der Waals surface area contributed by atoms with E-state index < -0.39 is 6.10 Å². The SMILES string of the molecule is Cc1c([C@@H](O)CN2CCC(NC(=O)c3ccc(-c4nccs4)cc3)CC2)ccc2c1COC2=O. The number of benzene rings is 2. The van der Waals surface area contributed by atoms with Crippen LogP contribution in [0.3, 0.4) is 0 Å². The fourth-order valence-corrected chi connectivity index (χ4v) is 5.37. The summed E-state index contributed by atoms with van der Waals surface area (Å²) < 4.78 is 5.12. The van der Waals surface area contributed by atoms with Gasteiger partial charge in [0.15, 0.2) is 0 Å². The van der Waals surface area contributed by atoms with Gasteiger partial charge in [0.05, 0.1) is 11.7 Å². The van der Waals surface area contributed by atoms with E-state index >= 15 is 0 Å². The number of nitrogens with zero attached hydrogens (tertiary/aromatic N) is 2. The molecular weight excluding hydrogens is 450 g/mol. The number of likely N-dealkylation sites (tertiary alicyclic amines) is 1. The zero-order chi connectivity index (χ0) is 23.7. The third kappa shape index (κ3) is 4.61. The van der Waals surface area contributed by atoms with E-state index in [1.54, 1.807) is 23.6 Å². The monoisotopic (exact) mass is 477 g/mol. The zero-order valence-corrected chi connectivity index (χ0v) is 19.8. The van der Waals surface area contributed by atoms with Gasteiger partial charge in [-0.05, 0) is 49.1 Å². The van der Waals surface area contributed by atoms with Crippen LogP contribution in [0.25, 0.3) is 10.6 Å². The molecule has 5 rings (SSSR count). The lowest BCUT2D eigenvalue weighted by molar-refractivity contribution is 0.0534. The second-order valence-electron chi connectivity index (χ2n) is 8.86. The standard InChI is InChI=1S/C26H27N3O4S/c1-16-20(6-7-21-22(16)15-33-26(21)32)23(30)14-29-11-8-19(9-12-29)28-24(31)17-2-4-18(5-3-17)25-27-10-13-34-25/h2-7,10,13,19,23,30H,8-9,11-12,14-15H2,1H3,(H,28,31)/t23-/m0/s1. The van der Waals surface area contributed by atoms with Crippen LogP contribution in [0.4, 0.5) is 0 Å². The van der Waals surface area contributed by atoms with E-state index in [1.165, 1.54) is 0 Å². The van der Waals surface area contributed by atoms with Crippen molar-refractivity contribution < 1.29 is 19.4 Å². The largest absolute Gasteiger partial charge is 0.457 e. The molecule has 1 amide bonds. The topological polar surface area (TPSA) is 91.8 Å². The summed E-state index contributed by atoms with van der Waals surface area (Å²) >= 11 is 1.57. The van der Waals surface area contributed by atoms with Crippen molar-refractivity contribution in [3.8, 4) is 10.6 Å². The van der Waals surface area contributed by atoms with Gasteiger partial charge in [0.2, 0.25) is 0 Å². The Morgan fingerprint density at radius 2 is 2.00 bits per heavy atom. The number of piperidine rings is 1. The fraction of sp³-hybridized carbons (Fsp3) is 0.346. The average molecular weight is 478 g/mol. The molecule has 8 heteroatoms. The number of nitrogens with one attached hydrogen (secondary N) is 1. The van der Waals surface area contributed by atoms with Crippen molar-refractivity contribution in [2.75, 3.05) is 19.6 Å². The number of aliphatic hydroxyl groups is 1. The quantitative estimate of drug-likeness (QED) is 0.526. The molecular formula is C26H27N3O4S. The summed E-state index contributed by atoms with van der Waals surface area (Å²) in [6.45, 7) is 4.34. The highest BCUT2D eigenvalue weighted by Crippen LogP contribution is 2.30. The predicted molar refractivity (Wildman–Crippen MR) is 130 cm³/mol. The van der Waals surface area contributed by atoms with Crippen LogP contribution in [-0.4, -0.2) is 52.5 Å². The Hall–Kier alpha value is -3.07. The lowest BCUT2D eigenvalue weighted by Gasteiger charge is -2.33. The molecule has 0 saturated carbocycles. The van der Waals surface area contributed by atoms with Crippen molar-refractivity contribution in [1.82, 2.24) is 15.2 Å². The molecule has 0 bridgehead atoms. The van der Waals surface area contributed by atoms with E-state index in [9.17, 15) is 14.7 Å². The summed E-state index contributed by atoms with van der Waals surface area (Å²) in [5, 5.41) is 16.9. The van der Waals surface area contributed by atoms with Crippen molar-refractivity contribution >= 4 is 23.2 Å². The normalized spacial score (nSPS) is 17.3. The molecule has 1 atom stereocenters. The molecule has 34 heavy (non-hydrogen) atoms. The summed E-state index contributed by atoms with van der Waals surface area (Å²) in [7, 11) is 0. The maximum atomic E-state index is 12.7. The number of thiazole rings is 1. The number of carbonyl (C=O) groups is 2. The third-order valence-corrected chi connectivity index (χ3v) is 7.57. The minimum atomic E-state index is -0.636. The molecule has 0 aliphatic carbocycles. The molecule has 0 unspecified atom stereocenters. The first-order valence-electron chi connectivity index (χ1n) is 11.5. The Kier molecular flexibility index (Phi) is 6.45. The number of rotatable bonds is 6. The molecule has 2 aliphatic rings. The molecule has 1 saturated heterocycles. The number of fused-ring (bicyclic) bond motifs is 1. The molecule has 0 radical (unpaired) electrons. The Labute approximate surface area is 202 Å². The summed E-state index contributed by atoms with van der Waals surface area (Å²) in [4.78, 5) is 31.0. The summed E-state index contributed by atoms with van der Waals surface area (Å²) in [5.74, 6) is -0.353. The Morgan fingerprint density at radius 1 is 1.24 bits per heavy atom. The first-order chi connectivity index (χ1) is 16.5. The lowest BCUT2D eigenvalue weighted by atomic mass is 9.94. The van der Waals surface area contributed by atoms with Gasteiger partial charge in [0.1, 0.15) is 11.6 Å². The minimum absolute atomic E-state index is 0.0605. The van der Waals surface area contributed by atoms with Gasteiger partial charge < -0.3 is 20.1 Å². The van der Waals surface area contributed by atoms with Crippen LogP contribution < -0.4 is 5.32 Å². The number of β-amino-alcohol motifs (C(OH)–C–C–N with tert-alkyl or cyclic N) is 1. The van der Waals surface area contributed by atoms with Crippen molar-refractivity contribution in [2.45, 2.75) is 38.5 Å². The molecule has 0 spiro atoms. The summed E-state index contributed by atoms with van der Waals surface area (Å²) in [6.07, 6.45) is 2.81. The van der Waals surface area contributed by atoms with E-state index in [-0.39, 0.29) is 24.5 Å². The van der Waals surface area contributed by atoms with Gasteiger partial charge >= 0.3 is 5.97 Å². The van der Waals surface area contributed by atoms with Crippen LogP contribution in [0.15, 0.2) is 48.0 Å². The zero-order valence-electron chi connectivity index (χ0n) is 19.0. The first-order valence-corrected chi connectivity index (χ1v) is 12.4. The Balaban J connectivity index is 1.13. The van der Waals surface area contributed by atoms with Crippen LogP contribution in [0.2, 0.25) is 0 Å². The number of hydrogen-bond acceptors (Lipinski definition) is 7. The van der Waals surface area contributed by atoms with E-state index in [4.69, 9.17) is 4.74 Å². The maximum absolute atomic E-state index is 12.7. The lowest BCUT2D eigenvalue weighted by Crippen LogP contribution is -2.45. The van der Waals surface area contributed by atoms with Crippen LogP contribution in [0, 0.1) is 6.92 Å². The van der Waals surface area contributed by atoms with Crippen LogP contribution in [0.5, 0.6) is 0 Å².